The summed E-state index contributed by atoms with van der Waals surface area (Å²) in [6, 6.07) is 8.35. The first-order chi connectivity index (χ1) is 12.9. The smallest absolute Gasteiger partial charge is 0.307 e. The van der Waals surface area contributed by atoms with Gasteiger partial charge in [-0.05, 0) is 38.1 Å². The Kier molecular flexibility index (Phi) is 5.89. The predicted molar refractivity (Wildman–Crippen MR) is 106 cm³/mol. The highest BCUT2D eigenvalue weighted by atomic mass is 35.5. The first kappa shape index (κ1) is 19.5. The van der Waals surface area contributed by atoms with Crippen LogP contribution in [-0.2, 0) is 6.54 Å². The topological polar surface area (TPSA) is 72.4 Å². The molecule has 2 heterocycles. The zero-order valence-corrected chi connectivity index (χ0v) is 16.7. The average molecular weight is 426 g/mol. The van der Waals surface area contributed by atoms with Gasteiger partial charge in [-0.25, -0.2) is 5.43 Å². The molecule has 2 aromatic heterocycles. The molecule has 0 bridgehead atoms. The van der Waals surface area contributed by atoms with E-state index in [9.17, 15) is 4.79 Å². The maximum Gasteiger partial charge on any atom is 0.307 e. The van der Waals surface area contributed by atoms with E-state index in [1.807, 2.05) is 13.8 Å². The van der Waals surface area contributed by atoms with Crippen LogP contribution < -0.4 is 5.43 Å². The molecule has 1 N–H and O–H groups in total. The van der Waals surface area contributed by atoms with E-state index in [1.54, 1.807) is 35.0 Å². The van der Waals surface area contributed by atoms with Crippen LogP contribution >= 0.6 is 34.8 Å². The van der Waals surface area contributed by atoms with E-state index in [4.69, 9.17) is 39.2 Å². The summed E-state index contributed by atoms with van der Waals surface area (Å²) in [4.78, 5) is 12.2. The number of aromatic nitrogens is 2. The number of hydrogen-bond donors (Lipinski definition) is 1. The summed E-state index contributed by atoms with van der Waals surface area (Å²) in [7, 11) is 0. The lowest BCUT2D eigenvalue weighted by Gasteiger charge is -2.02. The van der Waals surface area contributed by atoms with Gasteiger partial charge in [0, 0.05) is 5.56 Å². The summed E-state index contributed by atoms with van der Waals surface area (Å²) >= 11 is 18.2. The summed E-state index contributed by atoms with van der Waals surface area (Å²) in [6.45, 7) is 4.06. The highest BCUT2D eigenvalue weighted by Crippen LogP contribution is 2.22. The molecule has 9 heteroatoms. The molecule has 6 nitrogen and oxygen atoms in total. The molecule has 0 saturated heterocycles. The van der Waals surface area contributed by atoms with E-state index in [0.29, 0.717) is 32.9 Å². The molecule has 0 fully saturated rings. The molecule has 0 aliphatic carbocycles. The van der Waals surface area contributed by atoms with Crippen LogP contribution in [0.4, 0.5) is 0 Å². The van der Waals surface area contributed by atoms with E-state index in [0.717, 1.165) is 11.4 Å². The molecular formula is C18H15Cl3N4O2. The third kappa shape index (κ3) is 4.35. The van der Waals surface area contributed by atoms with Gasteiger partial charge in [0.2, 0.25) is 0 Å². The Balaban J connectivity index is 1.66. The van der Waals surface area contributed by atoms with E-state index in [-0.39, 0.29) is 5.76 Å². The number of carbonyl (C=O) groups is 1. The van der Waals surface area contributed by atoms with Gasteiger partial charge in [0.25, 0.3) is 0 Å². The molecule has 3 rings (SSSR count). The van der Waals surface area contributed by atoms with E-state index < -0.39 is 5.91 Å². The van der Waals surface area contributed by atoms with E-state index in [1.165, 1.54) is 6.21 Å². The van der Waals surface area contributed by atoms with Crippen molar-refractivity contribution in [3.63, 3.8) is 0 Å². The number of rotatable bonds is 5. The monoisotopic (exact) mass is 424 g/mol. The molecular weight excluding hydrogens is 411 g/mol. The van der Waals surface area contributed by atoms with Crippen LogP contribution in [-0.4, -0.2) is 21.9 Å². The number of halogens is 3. The summed E-state index contributed by atoms with van der Waals surface area (Å²) in [5.41, 5.74) is 4.47. The summed E-state index contributed by atoms with van der Waals surface area (Å²) in [6.07, 6.45) is 1.38. The first-order valence-corrected chi connectivity index (χ1v) is 9.06. The zero-order chi connectivity index (χ0) is 19.6. The van der Waals surface area contributed by atoms with Crippen molar-refractivity contribution in [1.82, 2.24) is 15.2 Å². The number of amides is 1. The van der Waals surface area contributed by atoms with Crippen molar-refractivity contribution in [2.24, 2.45) is 5.10 Å². The van der Waals surface area contributed by atoms with Crippen LogP contribution in [0, 0.1) is 13.8 Å². The van der Waals surface area contributed by atoms with Crippen LogP contribution in [0.15, 0.2) is 39.9 Å². The van der Waals surface area contributed by atoms with Gasteiger partial charge >= 0.3 is 5.91 Å². The van der Waals surface area contributed by atoms with Crippen molar-refractivity contribution in [1.29, 1.82) is 0 Å². The molecule has 0 aliphatic rings. The molecule has 0 atom stereocenters. The highest BCUT2D eigenvalue weighted by Gasteiger charge is 2.14. The Morgan fingerprint density at radius 3 is 2.56 bits per heavy atom. The maximum absolute atomic E-state index is 12.2. The molecule has 0 aliphatic heterocycles. The molecule has 27 heavy (non-hydrogen) atoms. The molecule has 1 amide bonds. The third-order valence-corrected chi connectivity index (χ3v) is 5.05. The minimum Gasteiger partial charge on any atom is -0.454 e. The number of hydrogen-bond acceptors (Lipinski definition) is 4. The van der Waals surface area contributed by atoms with Gasteiger partial charge in [-0.3, -0.25) is 9.48 Å². The molecule has 0 radical (unpaired) electrons. The Hall–Kier alpha value is -2.28. The summed E-state index contributed by atoms with van der Waals surface area (Å²) < 4.78 is 7.28. The van der Waals surface area contributed by atoms with E-state index in [2.05, 4.69) is 15.6 Å². The number of aryl methyl sites for hydroxylation is 1. The number of furan rings is 1. The van der Waals surface area contributed by atoms with Crippen molar-refractivity contribution in [3.05, 3.63) is 73.9 Å². The molecule has 3 aromatic rings. The van der Waals surface area contributed by atoms with Gasteiger partial charge in [0.1, 0.15) is 5.76 Å². The Bertz CT molecular complexity index is 1000. The number of nitrogens with zero attached hydrogens (tertiary/aromatic N) is 3. The lowest BCUT2D eigenvalue weighted by atomic mass is 10.2. The zero-order valence-electron chi connectivity index (χ0n) is 14.5. The Labute approximate surface area is 170 Å². The number of benzene rings is 1. The van der Waals surface area contributed by atoms with Crippen LogP contribution in [0.5, 0.6) is 0 Å². The lowest BCUT2D eigenvalue weighted by Crippen LogP contribution is -2.16. The van der Waals surface area contributed by atoms with Gasteiger partial charge in [-0.2, -0.15) is 10.2 Å². The summed E-state index contributed by atoms with van der Waals surface area (Å²) in [5.74, 6) is 0.202. The second kappa shape index (κ2) is 8.17. The summed E-state index contributed by atoms with van der Waals surface area (Å²) in [5, 5.41) is 9.69. The minimum absolute atomic E-state index is 0.125. The Morgan fingerprint density at radius 2 is 1.93 bits per heavy atom. The van der Waals surface area contributed by atoms with Crippen molar-refractivity contribution < 1.29 is 9.21 Å². The molecule has 140 valence electrons. The van der Waals surface area contributed by atoms with Gasteiger partial charge in [0.15, 0.2) is 5.76 Å². The first-order valence-electron chi connectivity index (χ1n) is 7.92. The lowest BCUT2D eigenvalue weighted by molar-refractivity contribution is 0.0925. The SMILES string of the molecule is Cc1nn(Cc2ccc(C(=O)NN=Cc3c(Cl)cccc3Cl)o2)c(C)c1Cl. The quantitative estimate of drug-likeness (QED) is 0.468. The second-order valence-electron chi connectivity index (χ2n) is 5.74. The largest absolute Gasteiger partial charge is 0.454 e. The van der Waals surface area contributed by atoms with Crippen molar-refractivity contribution >= 4 is 46.9 Å². The van der Waals surface area contributed by atoms with Crippen LogP contribution in [0.25, 0.3) is 0 Å². The highest BCUT2D eigenvalue weighted by molar-refractivity contribution is 6.38. The fraction of sp³-hybridized carbons (Fsp3) is 0.167. The van der Waals surface area contributed by atoms with Gasteiger partial charge in [-0.1, -0.05) is 40.9 Å². The predicted octanol–water partition coefficient (Wildman–Crippen LogP) is 4.87. The second-order valence-corrected chi connectivity index (χ2v) is 6.94. The number of nitrogens with one attached hydrogen (secondary N) is 1. The molecule has 1 aromatic carbocycles. The molecule has 0 unspecified atom stereocenters. The average Bonchev–Trinajstić information content (AvgIpc) is 3.19. The van der Waals surface area contributed by atoms with Crippen molar-refractivity contribution in [2.75, 3.05) is 0 Å². The molecule has 0 spiro atoms. The fourth-order valence-electron chi connectivity index (χ4n) is 2.41. The van der Waals surface area contributed by atoms with Crippen LogP contribution in [0.2, 0.25) is 15.1 Å². The normalized spacial score (nSPS) is 11.3. The standard InChI is InChI=1S/C18H15Cl3N4O2/c1-10-17(21)11(2)25(24-10)9-12-6-7-16(27-12)18(26)23-22-8-13-14(19)4-3-5-15(13)20/h3-8H,9H2,1-2H3,(H,23,26). The van der Waals surface area contributed by atoms with Gasteiger partial charge in [-0.15, -0.1) is 0 Å². The minimum atomic E-state index is -0.493. The Morgan fingerprint density at radius 1 is 1.22 bits per heavy atom. The third-order valence-electron chi connectivity index (χ3n) is 3.84. The van der Waals surface area contributed by atoms with Crippen molar-refractivity contribution in [2.45, 2.75) is 20.4 Å². The van der Waals surface area contributed by atoms with Crippen LogP contribution in [0.1, 0.15) is 33.3 Å². The number of hydrazone groups is 1. The van der Waals surface area contributed by atoms with Crippen molar-refractivity contribution in [3.8, 4) is 0 Å². The number of carbonyl (C=O) groups excluding carboxylic acids is 1. The van der Waals surface area contributed by atoms with Gasteiger partial charge in [0.05, 0.1) is 39.2 Å². The van der Waals surface area contributed by atoms with E-state index >= 15 is 0 Å². The molecule has 0 saturated carbocycles. The maximum atomic E-state index is 12.2. The van der Waals surface area contributed by atoms with Crippen LogP contribution in [0.3, 0.4) is 0 Å². The fourth-order valence-corrected chi connectivity index (χ4v) is 3.04. The van der Waals surface area contributed by atoms with Gasteiger partial charge < -0.3 is 4.42 Å².